The van der Waals surface area contributed by atoms with Crippen molar-refractivity contribution < 1.29 is 17.5 Å². The zero-order chi connectivity index (χ0) is 15.3. The van der Waals surface area contributed by atoms with Gasteiger partial charge < -0.3 is 4.55 Å². The summed E-state index contributed by atoms with van der Waals surface area (Å²) >= 11 is 0. The minimum Gasteiger partial charge on any atom is -0.744 e. The molecule has 0 fully saturated rings. The van der Waals surface area contributed by atoms with Gasteiger partial charge in [-0.1, -0.05) is 36.4 Å². The van der Waals surface area contributed by atoms with Gasteiger partial charge in [0, 0.05) is 12.0 Å². The van der Waals surface area contributed by atoms with E-state index in [-0.39, 0.29) is 4.90 Å². The molecule has 2 aromatic carbocycles. The zero-order valence-electron chi connectivity index (χ0n) is 11.8. The Morgan fingerprint density at radius 1 is 1.00 bits per heavy atom. The highest BCUT2D eigenvalue weighted by molar-refractivity contribution is 7.85. The molecule has 0 saturated heterocycles. The van der Waals surface area contributed by atoms with Gasteiger partial charge in [-0.25, -0.2) is 13.0 Å². The summed E-state index contributed by atoms with van der Waals surface area (Å²) in [5.41, 5.74) is 2.85. The molecule has 0 N–H and O–H groups in total. The molecule has 0 spiro atoms. The van der Waals surface area contributed by atoms with Gasteiger partial charge in [0.1, 0.15) is 23.7 Å². The van der Waals surface area contributed by atoms with Crippen LogP contribution in [0.5, 0.6) is 0 Å². The van der Waals surface area contributed by atoms with Crippen molar-refractivity contribution in [3.8, 4) is 0 Å². The van der Waals surface area contributed by atoms with E-state index in [2.05, 4.69) is 42.1 Å². The third-order valence-electron chi connectivity index (χ3n) is 3.18. The molecule has 5 heteroatoms. The minimum atomic E-state index is -4.25. The fraction of sp³-hybridized carbons (Fsp3) is 0.188. The second-order valence-corrected chi connectivity index (χ2v) is 6.21. The van der Waals surface area contributed by atoms with Crippen LogP contribution >= 0.6 is 0 Å². The molecular formula is C16H17NO3S. The van der Waals surface area contributed by atoms with E-state index < -0.39 is 10.1 Å². The van der Waals surface area contributed by atoms with Gasteiger partial charge in [0.05, 0.1) is 4.90 Å². The van der Waals surface area contributed by atoms with Gasteiger partial charge in [0.25, 0.3) is 0 Å². The maximum atomic E-state index is 10.3. The predicted molar refractivity (Wildman–Crippen MR) is 80.8 cm³/mol. The number of nitrogens with zero attached hydrogens (tertiary/aromatic N) is 1. The van der Waals surface area contributed by atoms with E-state index in [0.29, 0.717) is 0 Å². The van der Waals surface area contributed by atoms with E-state index in [1.165, 1.54) is 41.8 Å². The predicted octanol–water partition coefficient (Wildman–Crippen LogP) is 1.89. The largest absolute Gasteiger partial charge is 0.744 e. The lowest BCUT2D eigenvalue weighted by Gasteiger charge is -2.08. The van der Waals surface area contributed by atoms with Gasteiger partial charge in [-0.05, 0) is 23.8 Å². The van der Waals surface area contributed by atoms with Crippen LogP contribution in [-0.2, 0) is 16.5 Å². The van der Waals surface area contributed by atoms with Crippen molar-refractivity contribution in [2.45, 2.75) is 11.3 Å². The summed E-state index contributed by atoms with van der Waals surface area (Å²) < 4.78 is 33.1. The van der Waals surface area contributed by atoms with Crippen LogP contribution in [0, 0.1) is 0 Å². The van der Waals surface area contributed by atoms with Crippen molar-refractivity contribution in [3.63, 3.8) is 0 Å². The highest BCUT2D eigenvalue weighted by Crippen LogP contribution is 2.09. The topological polar surface area (TPSA) is 60.2 Å². The van der Waals surface area contributed by atoms with Gasteiger partial charge in [-0.2, -0.15) is 0 Å². The highest BCUT2D eigenvalue weighted by Gasteiger charge is 2.10. The van der Waals surface area contributed by atoms with Gasteiger partial charge in [-0.3, -0.25) is 0 Å². The van der Waals surface area contributed by atoms with E-state index >= 15 is 0 Å². The van der Waals surface area contributed by atoms with Crippen molar-refractivity contribution >= 4 is 16.3 Å². The molecule has 1 aliphatic rings. The van der Waals surface area contributed by atoms with Crippen LogP contribution in [0.1, 0.15) is 11.1 Å². The molecule has 0 saturated carbocycles. The first kappa shape index (κ1) is 15.4. The SMILES string of the molecule is C[N+]1=Cc2ccccc2CC1.O=S(=O)([O-])c1ccccc1. The van der Waals surface area contributed by atoms with E-state index in [1.807, 2.05) is 0 Å². The molecule has 0 aromatic heterocycles. The third kappa shape index (κ3) is 4.51. The second kappa shape index (κ2) is 6.65. The Bertz CT molecular complexity index is 737. The quantitative estimate of drug-likeness (QED) is 0.597. The molecule has 0 unspecified atom stereocenters. The summed E-state index contributed by atoms with van der Waals surface area (Å²) in [6.07, 6.45) is 3.39. The summed E-state index contributed by atoms with van der Waals surface area (Å²) in [6.45, 7) is 1.15. The molecular weight excluding hydrogens is 286 g/mol. The summed E-state index contributed by atoms with van der Waals surface area (Å²) in [7, 11) is -2.13. The van der Waals surface area contributed by atoms with Crippen molar-refractivity contribution in [3.05, 3.63) is 65.7 Å². The zero-order valence-corrected chi connectivity index (χ0v) is 12.6. The molecule has 3 rings (SSSR count). The van der Waals surface area contributed by atoms with Gasteiger partial charge in [-0.15, -0.1) is 0 Å². The maximum Gasteiger partial charge on any atom is 0.170 e. The first-order chi connectivity index (χ1) is 9.97. The molecule has 1 heterocycles. The Kier molecular flexibility index (Phi) is 4.88. The van der Waals surface area contributed by atoms with Crippen LogP contribution in [0.3, 0.4) is 0 Å². The Labute approximate surface area is 125 Å². The Balaban J connectivity index is 0.000000155. The minimum absolute atomic E-state index is 0.185. The van der Waals surface area contributed by atoms with E-state index in [1.54, 1.807) is 6.07 Å². The normalized spacial score (nSPS) is 13.5. The molecule has 0 bridgehead atoms. The molecule has 4 nitrogen and oxygen atoms in total. The van der Waals surface area contributed by atoms with E-state index in [9.17, 15) is 13.0 Å². The average molecular weight is 303 g/mol. The third-order valence-corrected chi connectivity index (χ3v) is 4.03. The van der Waals surface area contributed by atoms with Crippen LogP contribution in [-0.4, -0.2) is 37.4 Å². The molecule has 21 heavy (non-hydrogen) atoms. The van der Waals surface area contributed by atoms with Gasteiger partial charge in [0.15, 0.2) is 6.21 Å². The van der Waals surface area contributed by atoms with Crippen molar-refractivity contribution in [1.29, 1.82) is 0 Å². The van der Waals surface area contributed by atoms with Crippen molar-refractivity contribution in [1.82, 2.24) is 0 Å². The average Bonchev–Trinajstić information content (AvgIpc) is 2.48. The highest BCUT2D eigenvalue weighted by atomic mass is 32.2. The molecule has 0 radical (unpaired) electrons. The molecule has 0 atom stereocenters. The van der Waals surface area contributed by atoms with Crippen LogP contribution in [0.4, 0.5) is 0 Å². The summed E-state index contributed by atoms with van der Waals surface area (Å²) in [6, 6.07) is 15.8. The fourth-order valence-corrected chi connectivity index (χ4v) is 2.56. The number of likely N-dealkylation sites (N-methyl/N-ethyl adjacent to an activating group) is 1. The lowest BCUT2D eigenvalue weighted by molar-refractivity contribution is -0.493. The first-order valence-corrected chi connectivity index (χ1v) is 8.01. The molecule has 2 aromatic rings. The van der Waals surface area contributed by atoms with Crippen LogP contribution in [0.25, 0.3) is 0 Å². The summed E-state index contributed by atoms with van der Waals surface area (Å²) in [5.74, 6) is 0. The lowest BCUT2D eigenvalue weighted by atomic mass is 10.0. The molecule has 0 aliphatic carbocycles. The Morgan fingerprint density at radius 3 is 2.24 bits per heavy atom. The standard InChI is InChI=1S/C10H12N.C6H6O3S/c1-11-7-6-9-4-2-3-5-10(9)8-11;7-10(8,9)6-4-2-1-3-5-6/h2-5,8H,6-7H2,1H3;1-5H,(H,7,8,9)/q+1;/p-1. The fourth-order valence-electron chi connectivity index (χ4n) is 2.07. The van der Waals surface area contributed by atoms with Gasteiger partial charge in [0.2, 0.25) is 0 Å². The lowest BCUT2D eigenvalue weighted by Crippen LogP contribution is -2.18. The maximum absolute atomic E-state index is 10.3. The summed E-state index contributed by atoms with van der Waals surface area (Å²) in [4.78, 5) is -0.185. The molecule has 1 aliphatic heterocycles. The number of hydrogen-bond acceptors (Lipinski definition) is 3. The smallest absolute Gasteiger partial charge is 0.170 e. The number of hydrogen-bond donors (Lipinski definition) is 0. The first-order valence-electron chi connectivity index (χ1n) is 6.61. The van der Waals surface area contributed by atoms with Gasteiger partial charge >= 0.3 is 0 Å². The molecule has 0 amide bonds. The number of benzene rings is 2. The van der Waals surface area contributed by atoms with Crippen LogP contribution in [0.2, 0.25) is 0 Å². The Morgan fingerprint density at radius 2 is 1.62 bits per heavy atom. The number of fused-ring (bicyclic) bond motifs is 1. The Hall–Kier alpha value is -1.98. The number of rotatable bonds is 1. The molecule has 110 valence electrons. The van der Waals surface area contributed by atoms with Crippen molar-refractivity contribution in [2.75, 3.05) is 13.6 Å². The van der Waals surface area contributed by atoms with Crippen LogP contribution in [0.15, 0.2) is 59.5 Å². The van der Waals surface area contributed by atoms with Crippen molar-refractivity contribution in [2.24, 2.45) is 0 Å². The summed E-state index contributed by atoms with van der Waals surface area (Å²) in [5, 5.41) is 0. The monoisotopic (exact) mass is 303 g/mol. The van der Waals surface area contributed by atoms with Crippen LogP contribution < -0.4 is 0 Å². The van der Waals surface area contributed by atoms with E-state index in [0.717, 1.165) is 6.54 Å². The van der Waals surface area contributed by atoms with E-state index in [4.69, 9.17) is 0 Å². The second-order valence-electron chi connectivity index (χ2n) is 4.83.